The third-order valence-electron chi connectivity index (χ3n) is 6.93. The summed E-state index contributed by atoms with van der Waals surface area (Å²) in [7, 11) is 0. The molecule has 0 radical (unpaired) electrons. The van der Waals surface area contributed by atoms with Crippen molar-refractivity contribution in [1.82, 2.24) is 14.4 Å². The molecule has 2 heterocycles. The number of benzene rings is 3. The molecule has 0 saturated carbocycles. The zero-order chi connectivity index (χ0) is 25.9. The van der Waals surface area contributed by atoms with E-state index >= 15 is 0 Å². The Bertz CT molecular complexity index is 1390. The first-order valence-corrected chi connectivity index (χ1v) is 12.3. The first-order valence-electron chi connectivity index (χ1n) is 12.3. The topological polar surface area (TPSA) is 86.0 Å². The molecule has 4 aromatic rings. The largest absolute Gasteiger partial charge is 0.465 e. The molecule has 1 aliphatic heterocycles. The van der Waals surface area contributed by atoms with E-state index < -0.39 is 18.2 Å². The number of aromatic nitrogens is 1. The average molecular weight is 496 g/mol. The van der Waals surface area contributed by atoms with Gasteiger partial charge >= 0.3 is 6.09 Å². The highest BCUT2D eigenvalue weighted by Crippen LogP contribution is 2.34. The fourth-order valence-corrected chi connectivity index (χ4v) is 5.13. The van der Waals surface area contributed by atoms with E-state index in [0.29, 0.717) is 11.1 Å². The summed E-state index contributed by atoms with van der Waals surface area (Å²) < 4.78 is 2.07. The first kappa shape index (κ1) is 24.3. The van der Waals surface area contributed by atoms with Gasteiger partial charge < -0.3 is 24.6 Å². The summed E-state index contributed by atoms with van der Waals surface area (Å²) in [6.07, 6.45) is -2.10. The van der Waals surface area contributed by atoms with E-state index in [-0.39, 0.29) is 25.5 Å². The minimum atomic E-state index is -1.06. The number of para-hydroxylation sites is 1. The molecule has 37 heavy (non-hydrogen) atoms. The van der Waals surface area contributed by atoms with Gasteiger partial charge in [-0.1, -0.05) is 78.9 Å². The van der Waals surface area contributed by atoms with E-state index in [1.54, 1.807) is 17.0 Å². The standard InChI is InChI=1S/C30H29N3O4/c1-21-19-25(27(22-11-5-2-6-12-22)33(21)24-15-9-4-10-16-24)29(35)32-18-17-31(30(36)37)20-26(32)28(34)23-13-7-3-8-14-23/h2-16,19,26,28,34H,17-18,20H2,1H3,(H,36,37)/t26-,28-/m0/s1. The summed E-state index contributed by atoms with van der Waals surface area (Å²) in [5, 5.41) is 21.0. The van der Waals surface area contributed by atoms with Gasteiger partial charge in [-0.05, 0) is 36.2 Å². The van der Waals surface area contributed by atoms with Crippen LogP contribution in [-0.4, -0.2) is 62.3 Å². The fraction of sp³-hybridized carbons (Fsp3) is 0.200. The summed E-state index contributed by atoms with van der Waals surface area (Å²) >= 11 is 0. The molecule has 2 N–H and O–H groups in total. The maximum atomic E-state index is 14.2. The monoisotopic (exact) mass is 495 g/mol. The van der Waals surface area contributed by atoms with Gasteiger partial charge in [-0.3, -0.25) is 4.79 Å². The maximum absolute atomic E-state index is 14.2. The summed E-state index contributed by atoms with van der Waals surface area (Å²) in [4.78, 5) is 28.9. The van der Waals surface area contributed by atoms with Crippen molar-refractivity contribution in [3.63, 3.8) is 0 Å². The number of rotatable bonds is 5. The number of aliphatic hydroxyl groups excluding tert-OH is 1. The van der Waals surface area contributed by atoms with Crippen molar-refractivity contribution in [2.45, 2.75) is 19.1 Å². The van der Waals surface area contributed by atoms with Crippen LogP contribution in [0.4, 0.5) is 4.79 Å². The van der Waals surface area contributed by atoms with Crippen molar-refractivity contribution < 1.29 is 19.8 Å². The van der Waals surface area contributed by atoms with Crippen LogP contribution < -0.4 is 0 Å². The Kier molecular flexibility index (Phi) is 6.79. The SMILES string of the molecule is Cc1cc(C(=O)N2CCN(C(=O)O)C[C@H]2[C@@H](O)c2ccccc2)c(-c2ccccc2)n1-c1ccccc1. The summed E-state index contributed by atoms with van der Waals surface area (Å²) in [5.74, 6) is -0.235. The van der Waals surface area contributed by atoms with Crippen LogP contribution in [0.25, 0.3) is 16.9 Å². The highest BCUT2D eigenvalue weighted by Gasteiger charge is 2.39. The van der Waals surface area contributed by atoms with Crippen LogP contribution in [0.2, 0.25) is 0 Å². The lowest BCUT2D eigenvalue weighted by Gasteiger charge is -2.42. The van der Waals surface area contributed by atoms with Gasteiger partial charge in [-0.25, -0.2) is 4.79 Å². The van der Waals surface area contributed by atoms with E-state index in [2.05, 4.69) is 4.57 Å². The number of aliphatic hydroxyl groups is 1. The van der Waals surface area contributed by atoms with E-state index in [4.69, 9.17) is 0 Å². The summed E-state index contributed by atoms with van der Waals surface area (Å²) in [6.45, 7) is 2.35. The molecule has 7 heteroatoms. The Morgan fingerprint density at radius 2 is 1.46 bits per heavy atom. The number of hydrogen-bond acceptors (Lipinski definition) is 3. The third kappa shape index (κ3) is 4.73. The van der Waals surface area contributed by atoms with Crippen LogP contribution in [0.5, 0.6) is 0 Å². The van der Waals surface area contributed by atoms with E-state index in [0.717, 1.165) is 22.6 Å². The molecule has 1 aromatic heterocycles. The second kappa shape index (κ2) is 10.3. The fourth-order valence-electron chi connectivity index (χ4n) is 5.13. The molecule has 188 valence electrons. The lowest BCUT2D eigenvalue weighted by Crippen LogP contribution is -2.58. The Balaban J connectivity index is 1.60. The van der Waals surface area contributed by atoms with Crippen molar-refractivity contribution in [2.75, 3.05) is 19.6 Å². The number of piperazine rings is 1. The minimum absolute atomic E-state index is 0.0240. The van der Waals surface area contributed by atoms with E-state index in [1.165, 1.54) is 4.90 Å². The summed E-state index contributed by atoms with van der Waals surface area (Å²) in [6, 6.07) is 29.9. The average Bonchev–Trinajstić information content (AvgIpc) is 3.30. The minimum Gasteiger partial charge on any atom is -0.465 e. The van der Waals surface area contributed by atoms with E-state index in [1.807, 2.05) is 91.9 Å². The van der Waals surface area contributed by atoms with Crippen molar-refractivity contribution in [3.05, 3.63) is 114 Å². The molecule has 1 aliphatic rings. The second-order valence-corrected chi connectivity index (χ2v) is 9.23. The number of carbonyl (C=O) groups is 2. The summed E-state index contributed by atoms with van der Waals surface area (Å²) in [5.41, 5.74) is 4.66. The number of hydrogen-bond donors (Lipinski definition) is 2. The highest BCUT2D eigenvalue weighted by molar-refractivity contribution is 6.01. The molecule has 1 saturated heterocycles. The molecule has 3 aromatic carbocycles. The van der Waals surface area contributed by atoms with Crippen molar-refractivity contribution in [3.8, 4) is 16.9 Å². The van der Waals surface area contributed by atoms with Gasteiger partial charge in [-0.2, -0.15) is 0 Å². The lowest BCUT2D eigenvalue weighted by atomic mass is 9.97. The van der Waals surface area contributed by atoms with E-state index in [9.17, 15) is 19.8 Å². The molecule has 2 amide bonds. The predicted molar refractivity (Wildman–Crippen MR) is 142 cm³/mol. The van der Waals surface area contributed by atoms with Crippen LogP contribution in [0, 0.1) is 6.92 Å². The van der Waals surface area contributed by atoms with Crippen LogP contribution in [0.1, 0.15) is 27.7 Å². The number of amides is 2. The van der Waals surface area contributed by atoms with Crippen molar-refractivity contribution in [1.29, 1.82) is 0 Å². The predicted octanol–water partition coefficient (Wildman–Crippen LogP) is 4.99. The Morgan fingerprint density at radius 3 is 2.08 bits per heavy atom. The quantitative estimate of drug-likeness (QED) is 0.408. The second-order valence-electron chi connectivity index (χ2n) is 9.23. The molecule has 7 nitrogen and oxygen atoms in total. The van der Waals surface area contributed by atoms with Gasteiger partial charge in [0.2, 0.25) is 0 Å². The first-order chi connectivity index (χ1) is 18.0. The lowest BCUT2D eigenvalue weighted by molar-refractivity contribution is 0.000973. The van der Waals surface area contributed by atoms with Crippen molar-refractivity contribution >= 4 is 12.0 Å². The molecular formula is C30H29N3O4. The molecule has 5 rings (SSSR count). The highest BCUT2D eigenvalue weighted by atomic mass is 16.4. The van der Waals surface area contributed by atoms with Gasteiger partial charge in [0, 0.05) is 31.0 Å². The van der Waals surface area contributed by atoms with Gasteiger partial charge in [0.1, 0.15) is 6.10 Å². The molecule has 0 unspecified atom stereocenters. The van der Waals surface area contributed by atoms with Crippen molar-refractivity contribution in [2.24, 2.45) is 0 Å². The Labute approximate surface area is 215 Å². The van der Waals surface area contributed by atoms with Gasteiger partial charge in [0.25, 0.3) is 5.91 Å². The van der Waals surface area contributed by atoms with Gasteiger partial charge in [0.05, 0.1) is 17.3 Å². The number of carboxylic acid groups (broad SMARTS) is 1. The molecular weight excluding hydrogens is 466 g/mol. The molecule has 0 spiro atoms. The molecule has 1 fully saturated rings. The Hall–Kier alpha value is -4.36. The third-order valence-corrected chi connectivity index (χ3v) is 6.93. The van der Waals surface area contributed by atoms with Crippen LogP contribution in [-0.2, 0) is 0 Å². The Morgan fingerprint density at radius 1 is 0.865 bits per heavy atom. The van der Waals surface area contributed by atoms with Crippen LogP contribution in [0.15, 0.2) is 97.1 Å². The van der Waals surface area contributed by atoms with Crippen LogP contribution in [0.3, 0.4) is 0 Å². The smallest absolute Gasteiger partial charge is 0.407 e. The van der Waals surface area contributed by atoms with Gasteiger partial charge in [-0.15, -0.1) is 0 Å². The molecule has 2 atom stereocenters. The number of nitrogens with zero attached hydrogens (tertiary/aromatic N) is 3. The normalized spacial score (nSPS) is 16.4. The maximum Gasteiger partial charge on any atom is 0.407 e. The molecule has 0 bridgehead atoms. The van der Waals surface area contributed by atoms with Gasteiger partial charge in [0.15, 0.2) is 0 Å². The number of carbonyl (C=O) groups excluding carboxylic acids is 1. The van der Waals surface area contributed by atoms with Crippen LogP contribution >= 0.6 is 0 Å². The zero-order valence-corrected chi connectivity index (χ0v) is 20.6. The zero-order valence-electron chi connectivity index (χ0n) is 20.6. The number of aryl methyl sites for hydroxylation is 1. The molecule has 0 aliphatic carbocycles.